The smallest absolute Gasteiger partial charge is 0.246 e. The number of carbonyl (C=O) groups excluding carboxylic acids is 1. The van der Waals surface area contributed by atoms with Crippen LogP contribution in [0.4, 0.5) is 5.95 Å². The average molecular weight is 357 g/mol. The summed E-state index contributed by atoms with van der Waals surface area (Å²) in [6, 6.07) is 14.8. The summed E-state index contributed by atoms with van der Waals surface area (Å²) in [5.74, 6) is 1.35. The van der Waals surface area contributed by atoms with Gasteiger partial charge in [0.15, 0.2) is 5.82 Å². The first-order valence-electron chi connectivity index (χ1n) is 7.68. The predicted molar refractivity (Wildman–Crippen MR) is 97.1 cm³/mol. The molecule has 7 heteroatoms. The van der Waals surface area contributed by atoms with Crippen LogP contribution in [-0.2, 0) is 6.54 Å². The second kappa shape index (κ2) is 7.36. The predicted octanol–water partition coefficient (Wildman–Crippen LogP) is 3.88. The number of methoxy groups -OCH3 is 1. The Kier molecular flexibility index (Phi) is 5.00. The molecule has 0 spiro atoms. The van der Waals surface area contributed by atoms with Crippen LogP contribution in [0.2, 0.25) is 5.02 Å². The quantitative estimate of drug-likeness (QED) is 0.751. The van der Waals surface area contributed by atoms with Gasteiger partial charge in [-0.25, -0.2) is 0 Å². The molecule has 1 heterocycles. The van der Waals surface area contributed by atoms with Crippen molar-refractivity contribution in [1.82, 2.24) is 14.8 Å². The number of nitrogens with zero attached hydrogens (tertiary/aromatic N) is 3. The summed E-state index contributed by atoms with van der Waals surface area (Å²) < 4.78 is 6.39. The van der Waals surface area contributed by atoms with Crippen LogP contribution in [0.3, 0.4) is 0 Å². The number of hydrogen-bond acceptors (Lipinski definition) is 5. The molecule has 6 nitrogen and oxygen atoms in total. The van der Waals surface area contributed by atoms with E-state index in [2.05, 4.69) is 15.4 Å². The fraction of sp³-hybridized carbons (Fsp3) is 0.167. The monoisotopic (exact) mass is 356 g/mol. The van der Waals surface area contributed by atoms with Crippen LogP contribution in [0, 0.1) is 0 Å². The summed E-state index contributed by atoms with van der Waals surface area (Å²) in [5.41, 5.74) is 1.70. The van der Waals surface area contributed by atoms with Gasteiger partial charge in [-0.05, 0) is 35.9 Å². The van der Waals surface area contributed by atoms with E-state index in [1.165, 1.54) is 11.6 Å². The van der Waals surface area contributed by atoms with E-state index in [0.29, 0.717) is 23.3 Å². The molecule has 128 valence electrons. The summed E-state index contributed by atoms with van der Waals surface area (Å²) in [6.45, 7) is 1.88. The van der Waals surface area contributed by atoms with Crippen LogP contribution in [0.5, 0.6) is 5.75 Å². The molecule has 0 saturated heterocycles. The number of aromatic nitrogens is 3. The maximum atomic E-state index is 11.9. The van der Waals surface area contributed by atoms with Crippen LogP contribution in [0.15, 0.2) is 48.5 Å². The molecule has 0 radical (unpaired) electrons. The van der Waals surface area contributed by atoms with Crippen molar-refractivity contribution in [2.24, 2.45) is 0 Å². The van der Waals surface area contributed by atoms with Crippen molar-refractivity contribution in [2.75, 3.05) is 12.4 Å². The van der Waals surface area contributed by atoms with E-state index in [1.807, 2.05) is 48.5 Å². The normalized spacial score (nSPS) is 10.5. The number of hydrogen-bond donors (Lipinski definition) is 1. The number of carbonyl (C=O) groups is 1. The first kappa shape index (κ1) is 17.0. The van der Waals surface area contributed by atoms with E-state index in [9.17, 15) is 4.79 Å². The zero-order valence-electron chi connectivity index (χ0n) is 13.9. The van der Waals surface area contributed by atoms with Gasteiger partial charge in [0.2, 0.25) is 11.9 Å². The van der Waals surface area contributed by atoms with Crippen molar-refractivity contribution in [2.45, 2.75) is 13.5 Å². The van der Waals surface area contributed by atoms with Gasteiger partial charge in [-0.1, -0.05) is 29.8 Å². The summed E-state index contributed by atoms with van der Waals surface area (Å²) in [6.07, 6.45) is 0. The van der Waals surface area contributed by atoms with Crippen molar-refractivity contribution >= 4 is 23.5 Å². The van der Waals surface area contributed by atoms with E-state index < -0.39 is 0 Å². The molecule has 3 rings (SSSR count). The molecule has 0 amide bonds. The Morgan fingerprint density at radius 3 is 2.56 bits per heavy atom. The Labute approximate surface area is 150 Å². The zero-order chi connectivity index (χ0) is 17.8. The second-order valence-electron chi connectivity index (χ2n) is 5.36. The SMILES string of the molecule is COc1ccc(-c2nc(NCc3ccccc3Cl)n(C(C)=O)n2)cc1. The van der Waals surface area contributed by atoms with E-state index in [-0.39, 0.29) is 5.91 Å². The summed E-state index contributed by atoms with van der Waals surface area (Å²) >= 11 is 6.16. The van der Waals surface area contributed by atoms with Gasteiger partial charge in [0, 0.05) is 24.1 Å². The van der Waals surface area contributed by atoms with Gasteiger partial charge in [0.25, 0.3) is 0 Å². The fourth-order valence-corrected chi connectivity index (χ4v) is 2.53. The molecule has 1 N–H and O–H groups in total. The molecule has 0 unspecified atom stereocenters. The first-order chi connectivity index (χ1) is 12.1. The molecule has 1 aromatic heterocycles. The van der Waals surface area contributed by atoms with Gasteiger partial charge in [-0.15, -0.1) is 5.10 Å². The van der Waals surface area contributed by atoms with E-state index in [1.54, 1.807) is 7.11 Å². The Bertz CT molecular complexity index is 890. The maximum absolute atomic E-state index is 11.9. The van der Waals surface area contributed by atoms with Crippen molar-refractivity contribution in [3.05, 3.63) is 59.1 Å². The molecule has 0 aliphatic rings. The first-order valence-corrected chi connectivity index (χ1v) is 8.06. The Morgan fingerprint density at radius 2 is 1.92 bits per heavy atom. The van der Waals surface area contributed by atoms with Crippen LogP contribution in [-0.4, -0.2) is 27.8 Å². The zero-order valence-corrected chi connectivity index (χ0v) is 14.6. The molecular weight excluding hydrogens is 340 g/mol. The standard InChI is InChI=1S/C18H17ClN4O2/c1-12(24)23-18(20-11-14-5-3-4-6-16(14)19)21-17(22-23)13-7-9-15(25-2)10-8-13/h3-10H,11H2,1-2H3,(H,20,21,22). The van der Waals surface area contributed by atoms with E-state index >= 15 is 0 Å². The van der Waals surface area contributed by atoms with Crippen molar-refractivity contribution in [3.63, 3.8) is 0 Å². The highest BCUT2D eigenvalue weighted by Gasteiger charge is 2.15. The molecule has 0 aliphatic carbocycles. The number of ether oxygens (including phenoxy) is 1. The molecule has 3 aromatic rings. The lowest BCUT2D eigenvalue weighted by atomic mass is 10.2. The lowest BCUT2D eigenvalue weighted by Crippen LogP contribution is -2.13. The molecule has 0 bridgehead atoms. The van der Waals surface area contributed by atoms with Crippen LogP contribution < -0.4 is 10.1 Å². The minimum absolute atomic E-state index is 0.228. The number of nitrogens with one attached hydrogen (secondary N) is 1. The summed E-state index contributed by atoms with van der Waals surface area (Å²) in [5, 5.41) is 8.07. The van der Waals surface area contributed by atoms with Gasteiger partial charge in [-0.2, -0.15) is 9.67 Å². The highest BCUT2D eigenvalue weighted by molar-refractivity contribution is 6.31. The van der Waals surface area contributed by atoms with Gasteiger partial charge >= 0.3 is 0 Å². The third-order valence-corrected chi connectivity index (χ3v) is 4.02. The Morgan fingerprint density at radius 1 is 1.20 bits per heavy atom. The molecule has 0 fully saturated rings. The summed E-state index contributed by atoms with van der Waals surface area (Å²) in [4.78, 5) is 16.3. The van der Waals surface area contributed by atoms with Gasteiger partial charge in [0.1, 0.15) is 5.75 Å². The highest BCUT2D eigenvalue weighted by atomic mass is 35.5. The second-order valence-corrected chi connectivity index (χ2v) is 5.77. The molecule has 0 aliphatic heterocycles. The number of anilines is 1. The third-order valence-electron chi connectivity index (χ3n) is 3.65. The lowest BCUT2D eigenvalue weighted by molar-refractivity contribution is 0.0924. The van der Waals surface area contributed by atoms with Gasteiger partial charge < -0.3 is 10.1 Å². The van der Waals surface area contributed by atoms with E-state index in [4.69, 9.17) is 16.3 Å². The minimum atomic E-state index is -0.228. The molecule has 25 heavy (non-hydrogen) atoms. The average Bonchev–Trinajstić information content (AvgIpc) is 3.06. The largest absolute Gasteiger partial charge is 0.497 e. The highest BCUT2D eigenvalue weighted by Crippen LogP contribution is 2.22. The molecule has 0 saturated carbocycles. The van der Waals surface area contributed by atoms with Crippen molar-refractivity contribution < 1.29 is 9.53 Å². The molecular formula is C18H17ClN4O2. The van der Waals surface area contributed by atoms with Crippen molar-refractivity contribution in [1.29, 1.82) is 0 Å². The van der Waals surface area contributed by atoms with E-state index in [0.717, 1.165) is 16.9 Å². The Hall–Kier alpha value is -2.86. The summed E-state index contributed by atoms with van der Waals surface area (Å²) in [7, 11) is 1.61. The number of rotatable bonds is 5. The Balaban J connectivity index is 1.86. The fourth-order valence-electron chi connectivity index (χ4n) is 2.32. The third kappa shape index (κ3) is 3.80. The van der Waals surface area contributed by atoms with Crippen LogP contribution in [0.25, 0.3) is 11.4 Å². The number of benzene rings is 2. The van der Waals surface area contributed by atoms with Crippen LogP contribution >= 0.6 is 11.6 Å². The van der Waals surface area contributed by atoms with Gasteiger partial charge in [-0.3, -0.25) is 4.79 Å². The van der Waals surface area contributed by atoms with Crippen LogP contribution in [0.1, 0.15) is 17.3 Å². The molecule has 2 aromatic carbocycles. The lowest BCUT2D eigenvalue weighted by Gasteiger charge is -2.06. The van der Waals surface area contributed by atoms with Crippen molar-refractivity contribution in [3.8, 4) is 17.1 Å². The number of halogens is 1. The maximum Gasteiger partial charge on any atom is 0.246 e. The van der Waals surface area contributed by atoms with Gasteiger partial charge in [0.05, 0.1) is 7.11 Å². The minimum Gasteiger partial charge on any atom is -0.497 e. The topological polar surface area (TPSA) is 69.0 Å². The molecule has 0 atom stereocenters.